The number of hydrogen-bond donors (Lipinski definition) is 2. The summed E-state index contributed by atoms with van der Waals surface area (Å²) >= 11 is 0. The normalized spacial score (nSPS) is 14.0. The first-order valence-corrected chi connectivity index (χ1v) is 10.3. The first kappa shape index (κ1) is 18.6. The summed E-state index contributed by atoms with van der Waals surface area (Å²) in [6, 6.07) is 18.5. The predicted octanol–water partition coefficient (Wildman–Crippen LogP) is 4.89. The lowest BCUT2D eigenvalue weighted by atomic mass is 10.0. The maximum absolute atomic E-state index is 5.94. The Balaban J connectivity index is 1.40. The van der Waals surface area contributed by atoms with E-state index in [4.69, 9.17) is 14.7 Å². The number of H-pyrrole nitrogens is 1. The van der Waals surface area contributed by atoms with Gasteiger partial charge >= 0.3 is 0 Å². The number of aryl methyl sites for hydroxylation is 1. The van der Waals surface area contributed by atoms with Crippen LogP contribution in [0, 0.1) is 6.92 Å². The number of ether oxygens (including phenoxy) is 1. The molecule has 1 aliphatic rings. The molecule has 3 heterocycles. The van der Waals surface area contributed by atoms with Crippen molar-refractivity contribution < 1.29 is 4.74 Å². The summed E-state index contributed by atoms with van der Waals surface area (Å²) in [5.74, 6) is 1.56. The van der Waals surface area contributed by atoms with Crippen LogP contribution >= 0.6 is 0 Å². The summed E-state index contributed by atoms with van der Waals surface area (Å²) in [5.41, 5.74) is 6.56. The van der Waals surface area contributed by atoms with Crippen molar-refractivity contribution in [3.63, 3.8) is 0 Å². The van der Waals surface area contributed by atoms with Gasteiger partial charge in [-0.3, -0.25) is 0 Å². The second-order valence-corrected chi connectivity index (χ2v) is 7.62. The molecule has 5 rings (SSSR count). The molecule has 4 aromatic rings. The number of aromatic nitrogens is 3. The molecule has 0 saturated carbocycles. The number of nitrogens with zero attached hydrogens (tertiary/aromatic N) is 2. The molecule has 0 fully saturated rings. The molecular weight excluding hydrogens is 372 g/mol. The Bertz CT molecular complexity index is 1190. The van der Waals surface area contributed by atoms with Crippen molar-refractivity contribution in [2.24, 2.45) is 0 Å². The zero-order valence-corrected chi connectivity index (χ0v) is 17.0. The molecule has 0 spiro atoms. The summed E-state index contributed by atoms with van der Waals surface area (Å²) in [7, 11) is 0. The summed E-state index contributed by atoms with van der Waals surface area (Å²) in [6.07, 6.45) is 5.13. The van der Waals surface area contributed by atoms with Gasteiger partial charge in [0.15, 0.2) is 5.82 Å². The highest BCUT2D eigenvalue weighted by atomic mass is 16.5. The Morgan fingerprint density at radius 1 is 0.967 bits per heavy atom. The smallest absolute Gasteiger partial charge is 0.162 e. The first-order chi connectivity index (χ1) is 14.8. The lowest BCUT2D eigenvalue weighted by molar-refractivity contribution is 0.306. The van der Waals surface area contributed by atoms with E-state index in [0.717, 1.165) is 58.9 Å². The van der Waals surface area contributed by atoms with Gasteiger partial charge in [0.2, 0.25) is 0 Å². The molecule has 5 nitrogen and oxygen atoms in total. The monoisotopic (exact) mass is 396 g/mol. The van der Waals surface area contributed by atoms with Crippen LogP contribution in [0.25, 0.3) is 28.0 Å². The quantitative estimate of drug-likeness (QED) is 0.504. The first-order valence-electron chi connectivity index (χ1n) is 10.3. The molecule has 30 heavy (non-hydrogen) atoms. The molecule has 0 amide bonds. The molecule has 2 N–H and O–H groups in total. The van der Waals surface area contributed by atoms with Crippen molar-refractivity contribution in [1.29, 1.82) is 0 Å². The fraction of sp³-hybridized carbons (Fsp3) is 0.200. The van der Waals surface area contributed by atoms with Crippen LogP contribution in [0.2, 0.25) is 0 Å². The summed E-state index contributed by atoms with van der Waals surface area (Å²) in [5, 5.41) is 4.44. The number of fused-ring (bicyclic) bond motifs is 1. The van der Waals surface area contributed by atoms with Gasteiger partial charge in [-0.2, -0.15) is 0 Å². The zero-order valence-electron chi connectivity index (χ0n) is 17.0. The second kappa shape index (κ2) is 8.13. The van der Waals surface area contributed by atoms with E-state index in [2.05, 4.69) is 53.6 Å². The van der Waals surface area contributed by atoms with Gasteiger partial charge in [-0.05, 0) is 61.4 Å². The fourth-order valence-electron chi connectivity index (χ4n) is 3.70. The van der Waals surface area contributed by atoms with E-state index in [-0.39, 0.29) is 0 Å². The van der Waals surface area contributed by atoms with Gasteiger partial charge < -0.3 is 15.0 Å². The number of hydrogen-bond acceptors (Lipinski definition) is 4. The van der Waals surface area contributed by atoms with Crippen molar-refractivity contribution in [2.45, 2.75) is 20.0 Å². The van der Waals surface area contributed by atoms with Crippen LogP contribution < -0.4 is 10.1 Å². The molecule has 2 aromatic heterocycles. The highest BCUT2D eigenvalue weighted by Gasteiger charge is 2.15. The lowest BCUT2D eigenvalue weighted by Gasteiger charge is -2.15. The largest absolute Gasteiger partial charge is 0.489 e. The van der Waals surface area contributed by atoms with E-state index in [1.54, 1.807) is 0 Å². The molecule has 5 heteroatoms. The van der Waals surface area contributed by atoms with Crippen molar-refractivity contribution >= 4 is 16.6 Å². The zero-order chi connectivity index (χ0) is 20.3. The van der Waals surface area contributed by atoms with Crippen LogP contribution in [0.15, 0.2) is 66.9 Å². The lowest BCUT2D eigenvalue weighted by Crippen LogP contribution is -2.20. The third-order valence-corrected chi connectivity index (χ3v) is 5.42. The molecule has 0 unspecified atom stereocenters. The van der Waals surface area contributed by atoms with E-state index in [1.165, 1.54) is 11.1 Å². The minimum Gasteiger partial charge on any atom is -0.489 e. The molecule has 1 aliphatic heterocycles. The summed E-state index contributed by atoms with van der Waals surface area (Å²) in [6.45, 7) is 4.50. The highest BCUT2D eigenvalue weighted by molar-refractivity contribution is 5.89. The maximum Gasteiger partial charge on any atom is 0.162 e. The van der Waals surface area contributed by atoms with E-state index in [1.807, 2.05) is 30.5 Å². The van der Waals surface area contributed by atoms with Crippen LogP contribution in [0.3, 0.4) is 0 Å². The summed E-state index contributed by atoms with van der Waals surface area (Å²) < 4.78 is 5.94. The minimum absolute atomic E-state index is 0.552. The Kier molecular flexibility index (Phi) is 5.03. The van der Waals surface area contributed by atoms with Crippen LogP contribution in [0.5, 0.6) is 5.75 Å². The Hall–Kier alpha value is -3.44. The molecule has 0 aliphatic carbocycles. The van der Waals surface area contributed by atoms with Crippen LogP contribution in [-0.4, -0.2) is 28.0 Å². The maximum atomic E-state index is 5.94. The topological polar surface area (TPSA) is 62.8 Å². The number of rotatable bonds is 5. The van der Waals surface area contributed by atoms with Gasteiger partial charge in [-0.1, -0.05) is 35.9 Å². The highest BCUT2D eigenvalue weighted by Crippen LogP contribution is 2.29. The summed E-state index contributed by atoms with van der Waals surface area (Å²) in [4.78, 5) is 12.9. The van der Waals surface area contributed by atoms with E-state index >= 15 is 0 Å². The minimum atomic E-state index is 0.552. The van der Waals surface area contributed by atoms with E-state index in [9.17, 15) is 0 Å². The van der Waals surface area contributed by atoms with Crippen molar-refractivity contribution in [3.8, 4) is 17.1 Å². The molecule has 0 radical (unpaired) electrons. The van der Waals surface area contributed by atoms with Gasteiger partial charge in [0, 0.05) is 23.7 Å². The van der Waals surface area contributed by atoms with Crippen molar-refractivity contribution in [2.75, 3.05) is 13.1 Å². The van der Waals surface area contributed by atoms with Gasteiger partial charge in [0.25, 0.3) is 0 Å². The third-order valence-electron chi connectivity index (χ3n) is 5.42. The van der Waals surface area contributed by atoms with Gasteiger partial charge in [-0.15, -0.1) is 0 Å². The standard InChI is InChI=1S/C25H24N4O/c1-17-2-4-18(5-3-17)16-30-21-8-6-20(7-9-21)24-28-23(19-10-13-26-14-11-19)22-12-15-27-25(22)29-24/h2-10,12,15,26H,11,13-14,16H2,1H3,(H,27,28,29). The van der Waals surface area contributed by atoms with E-state index < -0.39 is 0 Å². The predicted molar refractivity (Wildman–Crippen MR) is 120 cm³/mol. The van der Waals surface area contributed by atoms with Crippen molar-refractivity contribution in [3.05, 3.63) is 83.7 Å². The third kappa shape index (κ3) is 3.84. The van der Waals surface area contributed by atoms with Crippen LogP contribution in [0.4, 0.5) is 0 Å². The van der Waals surface area contributed by atoms with Gasteiger partial charge in [0.05, 0.1) is 5.69 Å². The van der Waals surface area contributed by atoms with Gasteiger partial charge in [0.1, 0.15) is 18.0 Å². The van der Waals surface area contributed by atoms with E-state index in [0.29, 0.717) is 6.61 Å². The molecule has 0 saturated heterocycles. The number of benzene rings is 2. The number of aromatic amines is 1. The molecule has 2 aromatic carbocycles. The van der Waals surface area contributed by atoms with Gasteiger partial charge in [-0.25, -0.2) is 9.97 Å². The van der Waals surface area contributed by atoms with Crippen molar-refractivity contribution in [1.82, 2.24) is 20.3 Å². The van der Waals surface area contributed by atoms with Crippen LogP contribution in [0.1, 0.15) is 23.2 Å². The Labute approximate surface area is 175 Å². The molecule has 150 valence electrons. The average Bonchev–Trinajstić information content (AvgIpc) is 3.28. The Morgan fingerprint density at radius 2 is 1.80 bits per heavy atom. The number of nitrogens with one attached hydrogen (secondary N) is 2. The average molecular weight is 396 g/mol. The molecular formula is C25H24N4O. The SMILES string of the molecule is Cc1ccc(COc2ccc(-c3nc(C4=CCNCC4)c4cc[nH]c4n3)cc2)cc1. The van der Waals surface area contributed by atoms with Crippen LogP contribution in [-0.2, 0) is 6.61 Å². The fourth-order valence-corrected chi connectivity index (χ4v) is 3.70. The molecule has 0 atom stereocenters. The second-order valence-electron chi connectivity index (χ2n) is 7.62. The molecule has 0 bridgehead atoms. The Morgan fingerprint density at radius 3 is 2.57 bits per heavy atom.